The van der Waals surface area contributed by atoms with E-state index in [-0.39, 0.29) is 23.8 Å². The SMILES string of the molecule is Cl.N=C(N)C(OC1CCCCO1)c1ccc(F)cc1F. The van der Waals surface area contributed by atoms with E-state index >= 15 is 0 Å². The van der Waals surface area contributed by atoms with Crippen LogP contribution >= 0.6 is 12.4 Å². The number of nitrogens with one attached hydrogen (secondary N) is 1. The largest absolute Gasteiger partial charge is 0.385 e. The number of amidine groups is 1. The van der Waals surface area contributed by atoms with Gasteiger partial charge < -0.3 is 15.2 Å². The summed E-state index contributed by atoms with van der Waals surface area (Å²) in [6.07, 6.45) is 1.01. The van der Waals surface area contributed by atoms with Crippen LogP contribution in [0.15, 0.2) is 18.2 Å². The summed E-state index contributed by atoms with van der Waals surface area (Å²) in [6, 6.07) is 3.09. The van der Waals surface area contributed by atoms with Gasteiger partial charge in [0.1, 0.15) is 23.6 Å². The molecule has 0 aromatic heterocycles. The molecule has 1 aliphatic heterocycles. The first-order valence-electron chi connectivity index (χ1n) is 6.14. The second-order valence-corrected chi connectivity index (χ2v) is 4.43. The van der Waals surface area contributed by atoms with Crippen LogP contribution in [0.3, 0.4) is 0 Å². The van der Waals surface area contributed by atoms with Crippen molar-refractivity contribution in [3.8, 4) is 0 Å². The zero-order valence-corrected chi connectivity index (χ0v) is 11.6. The van der Waals surface area contributed by atoms with E-state index < -0.39 is 24.0 Å². The fraction of sp³-hybridized carbons (Fsp3) is 0.462. The minimum absolute atomic E-state index is 0. The van der Waals surface area contributed by atoms with Gasteiger partial charge in [0.15, 0.2) is 6.29 Å². The normalized spacial score (nSPS) is 20.0. The van der Waals surface area contributed by atoms with Gasteiger partial charge in [-0.3, -0.25) is 5.41 Å². The van der Waals surface area contributed by atoms with Crippen LogP contribution in [0.1, 0.15) is 30.9 Å². The molecule has 0 radical (unpaired) electrons. The van der Waals surface area contributed by atoms with Crippen molar-refractivity contribution in [2.75, 3.05) is 6.61 Å². The van der Waals surface area contributed by atoms with Crippen LogP contribution in [0, 0.1) is 17.0 Å². The third-order valence-corrected chi connectivity index (χ3v) is 2.95. The van der Waals surface area contributed by atoms with Gasteiger partial charge in [-0.25, -0.2) is 8.78 Å². The van der Waals surface area contributed by atoms with Gasteiger partial charge >= 0.3 is 0 Å². The van der Waals surface area contributed by atoms with E-state index in [1.54, 1.807) is 0 Å². The number of hydrogen-bond acceptors (Lipinski definition) is 3. The lowest BCUT2D eigenvalue weighted by Gasteiger charge is -2.27. The number of benzene rings is 1. The van der Waals surface area contributed by atoms with Crippen LogP contribution in [0.25, 0.3) is 0 Å². The number of halogens is 3. The Hall–Kier alpha value is -1.24. The second-order valence-electron chi connectivity index (χ2n) is 4.43. The molecule has 0 spiro atoms. The molecule has 1 aliphatic rings. The fourth-order valence-corrected chi connectivity index (χ4v) is 2.00. The van der Waals surface area contributed by atoms with Crippen LogP contribution in [-0.2, 0) is 9.47 Å². The van der Waals surface area contributed by atoms with Gasteiger partial charge in [0.05, 0.1) is 0 Å². The first-order valence-corrected chi connectivity index (χ1v) is 6.14. The lowest BCUT2D eigenvalue weighted by molar-refractivity contribution is -0.176. The summed E-state index contributed by atoms with van der Waals surface area (Å²) >= 11 is 0. The van der Waals surface area contributed by atoms with Gasteiger partial charge in [-0.2, -0.15) is 0 Å². The third kappa shape index (κ3) is 4.13. The van der Waals surface area contributed by atoms with E-state index in [1.807, 2.05) is 0 Å². The van der Waals surface area contributed by atoms with Gasteiger partial charge in [0.25, 0.3) is 0 Å². The highest BCUT2D eigenvalue weighted by molar-refractivity contribution is 5.85. The third-order valence-electron chi connectivity index (χ3n) is 2.95. The Kier molecular flexibility index (Phi) is 6.32. The topological polar surface area (TPSA) is 68.3 Å². The molecule has 0 amide bonds. The average molecular weight is 307 g/mol. The molecule has 112 valence electrons. The molecule has 7 heteroatoms. The van der Waals surface area contributed by atoms with Crippen molar-refractivity contribution in [3.63, 3.8) is 0 Å². The molecule has 4 nitrogen and oxygen atoms in total. The lowest BCUT2D eigenvalue weighted by Crippen LogP contribution is -2.31. The van der Waals surface area contributed by atoms with Crippen molar-refractivity contribution in [1.29, 1.82) is 5.41 Å². The molecular weight excluding hydrogens is 290 g/mol. The maximum absolute atomic E-state index is 13.7. The van der Waals surface area contributed by atoms with Crippen LogP contribution < -0.4 is 5.73 Å². The van der Waals surface area contributed by atoms with E-state index in [1.165, 1.54) is 6.07 Å². The predicted molar refractivity (Wildman–Crippen MR) is 72.9 cm³/mol. The first-order chi connectivity index (χ1) is 9.08. The number of nitrogens with two attached hydrogens (primary N) is 1. The Morgan fingerprint density at radius 2 is 2.15 bits per heavy atom. The summed E-state index contributed by atoms with van der Waals surface area (Å²) in [7, 11) is 0. The van der Waals surface area contributed by atoms with E-state index in [2.05, 4.69) is 0 Å². The van der Waals surface area contributed by atoms with Crippen molar-refractivity contribution in [2.24, 2.45) is 5.73 Å². The van der Waals surface area contributed by atoms with Gasteiger partial charge in [-0.15, -0.1) is 12.4 Å². The molecule has 3 N–H and O–H groups in total. The number of rotatable bonds is 4. The Morgan fingerprint density at radius 1 is 1.40 bits per heavy atom. The molecule has 1 fully saturated rings. The molecule has 2 atom stereocenters. The first kappa shape index (κ1) is 16.8. The molecule has 1 aromatic rings. The van der Waals surface area contributed by atoms with Crippen molar-refractivity contribution < 1.29 is 18.3 Å². The highest BCUT2D eigenvalue weighted by atomic mass is 35.5. The maximum atomic E-state index is 13.7. The van der Waals surface area contributed by atoms with Gasteiger partial charge in [0.2, 0.25) is 0 Å². The molecule has 0 saturated carbocycles. The van der Waals surface area contributed by atoms with E-state index in [0.717, 1.165) is 25.0 Å². The van der Waals surface area contributed by atoms with Crippen LogP contribution in [0.5, 0.6) is 0 Å². The molecule has 0 aliphatic carbocycles. The number of hydrogen-bond donors (Lipinski definition) is 2. The molecule has 2 unspecified atom stereocenters. The maximum Gasteiger partial charge on any atom is 0.159 e. The Labute approximate surface area is 122 Å². The van der Waals surface area contributed by atoms with E-state index in [4.69, 9.17) is 20.6 Å². The molecular formula is C13H17ClF2N2O2. The van der Waals surface area contributed by atoms with Crippen LogP contribution in [0.4, 0.5) is 8.78 Å². The fourth-order valence-electron chi connectivity index (χ4n) is 2.00. The summed E-state index contributed by atoms with van der Waals surface area (Å²) in [6.45, 7) is 0.571. The second kappa shape index (κ2) is 7.52. The molecule has 1 aromatic carbocycles. The van der Waals surface area contributed by atoms with Crippen molar-refractivity contribution >= 4 is 18.2 Å². The Balaban J connectivity index is 0.00000200. The van der Waals surface area contributed by atoms with Crippen molar-refractivity contribution in [1.82, 2.24) is 0 Å². The summed E-state index contributed by atoms with van der Waals surface area (Å²) in [5, 5.41) is 7.49. The monoisotopic (exact) mass is 306 g/mol. The molecule has 1 saturated heterocycles. The predicted octanol–water partition coefficient (Wildman–Crippen LogP) is 2.91. The van der Waals surface area contributed by atoms with Gasteiger partial charge in [-0.05, 0) is 25.3 Å². The summed E-state index contributed by atoms with van der Waals surface area (Å²) in [5.41, 5.74) is 5.48. The lowest BCUT2D eigenvalue weighted by atomic mass is 10.1. The average Bonchev–Trinajstić information content (AvgIpc) is 2.38. The highest BCUT2D eigenvalue weighted by Gasteiger charge is 2.25. The van der Waals surface area contributed by atoms with Crippen LogP contribution in [0.2, 0.25) is 0 Å². The van der Waals surface area contributed by atoms with Gasteiger partial charge in [-0.1, -0.05) is 6.07 Å². The molecule has 20 heavy (non-hydrogen) atoms. The zero-order chi connectivity index (χ0) is 13.8. The van der Waals surface area contributed by atoms with Crippen LogP contribution in [-0.4, -0.2) is 18.7 Å². The molecule has 2 rings (SSSR count). The smallest absolute Gasteiger partial charge is 0.159 e. The minimum atomic E-state index is -1.05. The standard InChI is InChI=1S/C13H16F2N2O2.ClH/c14-8-4-5-9(10(15)7-8)12(13(16)17)19-11-3-1-2-6-18-11;/h4-5,7,11-12H,1-3,6H2,(H3,16,17);1H. The van der Waals surface area contributed by atoms with Gasteiger partial charge in [0, 0.05) is 18.2 Å². The summed E-state index contributed by atoms with van der Waals surface area (Å²) in [5.74, 6) is -1.80. The van der Waals surface area contributed by atoms with Crippen molar-refractivity contribution in [2.45, 2.75) is 31.7 Å². The molecule has 1 heterocycles. The Morgan fingerprint density at radius 3 is 2.70 bits per heavy atom. The minimum Gasteiger partial charge on any atom is -0.385 e. The van der Waals surface area contributed by atoms with E-state index in [9.17, 15) is 8.78 Å². The Bertz CT molecular complexity index is 468. The quantitative estimate of drug-likeness (QED) is 0.664. The summed E-state index contributed by atoms with van der Waals surface area (Å²) < 4.78 is 37.5. The van der Waals surface area contributed by atoms with Crippen molar-refractivity contribution in [3.05, 3.63) is 35.4 Å². The highest BCUT2D eigenvalue weighted by Crippen LogP contribution is 2.26. The number of ether oxygens (including phenoxy) is 2. The molecule has 0 bridgehead atoms. The zero-order valence-electron chi connectivity index (χ0n) is 10.8. The van der Waals surface area contributed by atoms with E-state index in [0.29, 0.717) is 13.0 Å². The summed E-state index contributed by atoms with van der Waals surface area (Å²) in [4.78, 5) is 0.